The van der Waals surface area contributed by atoms with E-state index in [9.17, 15) is 0 Å². The molecule has 0 aliphatic carbocycles. The predicted octanol–water partition coefficient (Wildman–Crippen LogP) is 3.25. The number of nitrogens with zero attached hydrogens (tertiary/aromatic N) is 2. The van der Waals surface area contributed by atoms with E-state index in [0.717, 1.165) is 28.0 Å². The van der Waals surface area contributed by atoms with Crippen molar-refractivity contribution in [3.63, 3.8) is 0 Å². The number of nitrogens with one attached hydrogen (secondary N) is 1. The van der Waals surface area contributed by atoms with Gasteiger partial charge in [-0.2, -0.15) is 0 Å². The Hall–Kier alpha value is -2.62. The Balaban J connectivity index is 1.76. The lowest BCUT2D eigenvalue weighted by Crippen LogP contribution is -1.98. The molecule has 0 aliphatic heterocycles. The molecule has 0 saturated carbocycles. The molecule has 0 aliphatic rings. The number of hydrogen-bond acceptors (Lipinski definition) is 4. The van der Waals surface area contributed by atoms with E-state index in [0.29, 0.717) is 6.61 Å². The highest BCUT2D eigenvalue weighted by atomic mass is 16.5. The third-order valence-corrected chi connectivity index (χ3v) is 3.06. The predicted molar refractivity (Wildman–Crippen MR) is 79.9 cm³/mol. The van der Waals surface area contributed by atoms with Gasteiger partial charge in [-0.1, -0.05) is 6.07 Å². The van der Waals surface area contributed by atoms with Gasteiger partial charge in [0.15, 0.2) is 0 Å². The van der Waals surface area contributed by atoms with Gasteiger partial charge >= 0.3 is 0 Å². The van der Waals surface area contributed by atoms with E-state index in [-0.39, 0.29) is 0 Å². The molecule has 100 valence electrons. The quantitative estimate of drug-likeness (QED) is 0.786. The molecule has 4 heteroatoms. The summed E-state index contributed by atoms with van der Waals surface area (Å²) in [7, 11) is 1.85. The molecule has 0 atom stereocenters. The summed E-state index contributed by atoms with van der Waals surface area (Å²) >= 11 is 0. The molecule has 3 rings (SSSR count). The van der Waals surface area contributed by atoms with Crippen LogP contribution in [0.2, 0.25) is 0 Å². The van der Waals surface area contributed by atoms with Crippen LogP contribution in [0, 0.1) is 0 Å². The number of pyridine rings is 2. The van der Waals surface area contributed by atoms with Crippen LogP contribution in [0.4, 0.5) is 5.82 Å². The fourth-order valence-corrected chi connectivity index (χ4v) is 2.00. The van der Waals surface area contributed by atoms with Crippen molar-refractivity contribution in [3.05, 3.63) is 60.4 Å². The molecule has 0 spiro atoms. The Bertz CT molecular complexity index is 727. The highest BCUT2D eigenvalue weighted by molar-refractivity contribution is 5.79. The van der Waals surface area contributed by atoms with Crippen molar-refractivity contribution in [1.29, 1.82) is 0 Å². The maximum atomic E-state index is 5.80. The minimum Gasteiger partial charge on any atom is -0.489 e. The summed E-state index contributed by atoms with van der Waals surface area (Å²) in [5.74, 6) is 1.66. The average molecular weight is 265 g/mol. The van der Waals surface area contributed by atoms with Gasteiger partial charge in [-0.3, -0.25) is 4.98 Å². The molecule has 4 nitrogen and oxygen atoms in total. The summed E-state index contributed by atoms with van der Waals surface area (Å²) in [5.41, 5.74) is 2.01. The van der Waals surface area contributed by atoms with Gasteiger partial charge in [0.05, 0.1) is 5.52 Å². The lowest BCUT2D eigenvalue weighted by Gasteiger charge is -2.08. The molecule has 2 heterocycles. The Morgan fingerprint density at radius 1 is 1.05 bits per heavy atom. The molecular weight excluding hydrogens is 250 g/mol. The lowest BCUT2D eigenvalue weighted by molar-refractivity contribution is 0.306. The average Bonchev–Trinajstić information content (AvgIpc) is 2.53. The van der Waals surface area contributed by atoms with Gasteiger partial charge in [-0.15, -0.1) is 0 Å². The van der Waals surface area contributed by atoms with Crippen molar-refractivity contribution in [1.82, 2.24) is 9.97 Å². The van der Waals surface area contributed by atoms with Gasteiger partial charge in [0.25, 0.3) is 0 Å². The number of benzene rings is 1. The fourth-order valence-electron chi connectivity index (χ4n) is 2.00. The molecule has 1 aromatic carbocycles. The van der Waals surface area contributed by atoms with Crippen molar-refractivity contribution < 1.29 is 4.74 Å². The van der Waals surface area contributed by atoms with E-state index in [1.807, 2.05) is 49.5 Å². The molecular formula is C16H15N3O. The minimum absolute atomic E-state index is 0.509. The van der Waals surface area contributed by atoms with Gasteiger partial charge < -0.3 is 10.1 Å². The van der Waals surface area contributed by atoms with Gasteiger partial charge in [0.1, 0.15) is 18.2 Å². The van der Waals surface area contributed by atoms with E-state index in [1.165, 1.54) is 0 Å². The second-order valence-electron chi connectivity index (χ2n) is 4.45. The number of ether oxygens (including phenoxy) is 1. The Kier molecular flexibility index (Phi) is 3.46. The number of rotatable bonds is 4. The van der Waals surface area contributed by atoms with Crippen LogP contribution in [-0.4, -0.2) is 17.0 Å². The second kappa shape index (κ2) is 5.57. The summed E-state index contributed by atoms with van der Waals surface area (Å²) in [6.07, 6.45) is 3.56. The largest absolute Gasteiger partial charge is 0.489 e. The molecule has 0 unspecified atom stereocenters. The maximum absolute atomic E-state index is 5.80. The maximum Gasteiger partial charge on any atom is 0.126 e. The van der Waals surface area contributed by atoms with Crippen molar-refractivity contribution >= 4 is 16.7 Å². The van der Waals surface area contributed by atoms with E-state index >= 15 is 0 Å². The smallest absolute Gasteiger partial charge is 0.126 e. The molecule has 2 aromatic heterocycles. The molecule has 0 bridgehead atoms. The summed E-state index contributed by atoms with van der Waals surface area (Å²) in [6.45, 7) is 0.509. The van der Waals surface area contributed by atoms with Crippen LogP contribution >= 0.6 is 0 Å². The van der Waals surface area contributed by atoms with Gasteiger partial charge in [-0.25, -0.2) is 4.98 Å². The first-order valence-corrected chi connectivity index (χ1v) is 6.45. The monoisotopic (exact) mass is 265 g/mol. The van der Waals surface area contributed by atoms with Gasteiger partial charge in [0.2, 0.25) is 0 Å². The molecule has 0 amide bonds. The van der Waals surface area contributed by atoms with Crippen molar-refractivity contribution in [2.45, 2.75) is 6.61 Å². The minimum atomic E-state index is 0.509. The van der Waals surface area contributed by atoms with Crippen molar-refractivity contribution in [2.75, 3.05) is 12.4 Å². The van der Waals surface area contributed by atoms with E-state index in [1.54, 1.807) is 12.4 Å². The molecule has 1 N–H and O–H groups in total. The highest BCUT2D eigenvalue weighted by Gasteiger charge is 2.00. The summed E-state index contributed by atoms with van der Waals surface area (Å²) < 4.78 is 5.80. The summed E-state index contributed by atoms with van der Waals surface area (Å²) in [4.78, 5) is 8.50. The summed E-state index contributed by atoms with van der Waals surface area (Å²) in [6, 6.07) is 13.8. The first kappa shape index (κ1) is 12.4. The van der Waals surface area contributed by atoms with Crippen LogP contribution in [-0.2, 0) is 6.61 Å². The zero-order chi connectivity index (χ0) is 13.8. The highest BCUT2D eigenvalue weighted by Crippen LogP contribution is 2.20. The van der Waals surface area contributed by atoms with Crippen LogP contribution in [0.25, 0.3) is 10.9 Å². The zero-order valence-corrected chi connectivity index (χ0v) is 11.2. The van der Waals surface area contributed by atoms with Crippen LogP contribution in [0.5, 0.6) is 5.75 Å². The first-order valence-electron chi connectivity index (χ1n) is 6.45. The zero-order valence-electron chi connectivity index (χ0n) is 11.2. The lowest BCUT2D eigenvalue weighted by atomic mass is 10.2. The number of fused-ring (bicyclic) bond motifs is 1. The Morgan fingerprint density at radius 3 is 2.90 bits per heavy atom. The first-order chi connectivity index (χ1) is 9.85. The topological polar surface area (TPSA) is 47.0 Å². The van der Waals surface area contributed by atoms with E-state index < -0.39 is 0 Å². The Labute approximate surface area is 117 Å². The number of anilines is 1. The summed E-state index contributed by atoms with van der Waals surface area (Å²) in [5, 5.41) is 4.13. The van der Waals surface area contributed by atoms with Crippen LogP contribution in [0.3, 0.4) is 0 Å². The standard InChI is InChI=1S/C16H15N3O/c1-17-16-9-12(6-8-19-16)11-20-14-5-4-13-3-2-7-18-15(13)10-14/h2-10H,11H2,1H3,(H,17,19). The molecule has 0 radical (unpaired) electrons. The number of aromatic nitrogens is 2. The second-order valence-corrected chi connectivity index (χ2v) is 4.45. The molecule has 20 heavy (non-hydrogen) atoms. The Morgan fingerprint density at radius 2 is 2.00 bits per heavy atom. The SMILES string of the molecule is CNc1cc(COc2ccc3cccnc3c2)ccn1. The fraction of sp³-hybridized carbons (Fsp3) is 0.125. The van der Waals surface area contributed by atoms with E-state index in [4.69, 9.17) is 4.74 Å². The van der Waals surface area contributed by atoms with Crippen molar-refractivity contribution in [2.24, 2.45) is 0 Å². The van der Waals surface area contributed by atoms with Crippen LogP contribution in [0.1, 0.15) is 5.56 Å². The molecule has 0 fully saturated rings. The van der Waals surface area contributed by atoms with Gasteiger partial charge in [-0.05, 0) is 35.9 Å². The van der Waals surface area contributed by atoms with Crippen LogP contribution in [0.15, 0.2) is 54.9 Å². The third kappa shape index (κ3) is 2.69. The van der Waals surface area contributed by atoms with Crippen molar-refractivity contribution in [3.8, 4) is 5.75 Å². The third-order valence-electron chi connectivity index (χ3n) is 3.06. The molecule has 0 saturated heterocycles. The van der Waals surface area contributed by atoms with Gasteiger partial charge in [0, 0.05) is 30.9 Å². The normalized spacial score (nSPS) is 10.4. The molecule has 3 aromatic rings. The van der Waals surface area contributed by atoms with E-state index in [2.05, 4.69) is 15.3 Å². The number of hydrogen-bond donors (Lipinski definition) is 1. The van der Waals surface area contributed by atoms with Crippen LogP contribution < -0.4 is 10.1 Å².